The van der Waals surface area contributed by atoms with Crippen molar-refractivity contribution >= 4 is 5.91 Å². The molecule has 21 heavy (non-hydrogen) atoms. The van der Waals surface area contributed by atoms with Gasteiger partial charge in [-0.1, -0.05) is 6.07 Å². The molecule has 0 aliphatic heterocycles. The molecular formula is C15H18N2O4. The van der Waals surface area contributed by atoms with Gasteiger partial charge in [0.25, 0.3) is 5.89 Å². The maximum absolute atomic E-state index is 12.0. The summed E-state index contributed by atoms with van der Waals surface area (Å²) in [6.45, 7) is 3.61. The third kappa shape index (κ3) is 3.34. The number of rotatable bonds is 5. The van der Waals surface area contributed by atoms with E-state index < -0.39 is 0 Å². The minimum absolute atomic E-state index is 0.0554. The molecule has 0 bridgehead atoms. The highest BCUT2D eigenvalue weighted by Crippen LogP contribution is 2.29. The summed E-state index contributed by atoms with van der Waals surface area (Å²) in [5.74, 6) is 1.55. The summed E-state index contributed by atoms with van der Waals surface area (Å²) in [5.41, 5.74) is 0.893. The van der Waals surface area contributed by atoms with Crippen LogP contribution in [0, 0.1) is 6.92 Å². The average molecular weight is 290 g/mol. The summed E-state index contributed by atoms with van der Waals surface area (Å²) >= 11 is 0. The predicted molar refractivity (Wildman–Crippen MR) is 76.7 cm³/mol. The minimum Gasteiger partial charge on any atom is -0.493 e. The van der Waals surface area contributed by atoms with Gasteiger partial charge in [0.2, 0.25) is 0 Å². The van der Waals surface area contributed by atoms with Crippen molar-refractivity contribution in [2.75, 3.05) is 14.2 Å². The number of ether oxygens (including phenoxy) is 2. The minimum atomic E-state index is -0.356. The number of nitrogens with one attached hydrogen (secondary N) is 1. The molecule has 0 saturated heterocycles. The van der Waals surface area contributed by atoms with E-state index in [2.05, 4.69) is 10.3 Å². The Morgan fingerprint density at radius 1 is 1.29 bits per heavy atom. The first-order valence-electron chi connectivity index (χ1n) is 6.50. The van der Waals surface area contributed by atoms with Crippen molar-refractivity contribution < 1.29 is 18.7 Å². The highest BCUT2D eigenvalue weighted by molar-refractivity contribution is 5.89. The summed E-state index contributed by atoms with van der Waals surface area (Å²) in [5, 5.41) is 2.82. The molecule has 1 unspecified atom stereocenters. The molecule has 6 heteroatoms. The van der Waals surface area contributed by atoms with Crippen molar-refractivity contribution in [1.82, 2.24) is 10.3 Å². The quantitative estimate of drug-likeness (QED) is 0.915. The Morgan fingerprint density at radius 2 is 2.00 bits per heavy atom. The van der Waals surface area contributed by atoms with Crippen LogP contribution in [-0.2, 0) is 0 Å². The van der Waals surface area contributed by atoms with Crippen LogP contribution in [0.15, 0.2) is 28.8 Å². The maximum atomic E-state index is 12.0. The molecule has 112 valence electrons. The number of aromatic nitrogens is 1. The Balaban J connectivity index is 2.13. The monoisotopic (exact) mass is 290 g/mol. The lowest BCUT2D eigenvalue weighted by Crippen LogP contribution is -2.26. The zero-order valence-corrected chi connectivity index (χ0v) is 12.5. The Hall–Kier alpha value is -2.50. The lowest BCUT2D eigenvalue weighted by molar-refractivity contribution is 0.0903. The van der Waals surface area contributed by atoms with Crippen LogP contribution in [0.3, 0.4) is 0 Å². The molecule has 0 spiro atoms. The van der Waals surface area contributed by atoms with Crippen molar-refractivity contribution in [2.45, 2.75) is 19.9 Å². The van der Waals surface area contributed by atoms with Gasteiger partial charge in [-0.25, -0.2) is 4.98 Å². The van der Waals surface area contributed by atoms with Crippen LogP contribution in [0.5, 0.6) is 11.5 Å². The van der Waals surface area contributed by atoms with Gasteiger partial charge in [-0.15, -0.1) is 0 Å². The van der Waals surface area contributed by atoms with E-state index in [9.17, 15) is 4.79 Å². The molecular weight excluding hydrogens is 272 g/mol. The van der Waals surface area contributed by atoms with Crippen LogP contribution >= 0.6 is 0 Å². The average Bonchev–Trinajstić information content (AvgIpc) is 2.93. The molecule has 0 radical (unpaired) electrons. The van der Waals surface area contributed by atoms with Crippen molar-refractivity contribution in [1.29, 1.82) is 0 Å². The van der Waals surface area contributed by atoms with Crippen LogP contribution in [0.25, 0.3) is 0 Å². The summed E-state index contributed by atoms with van der Waals surface area (Å²) in [6, 6.07) is 5.27. The third-order valence-electron chi connectivity index (χ3n) is 3.07. The molecule has 0 fully saturated rings. The zero-order valence-electron chi connectivity index (χ0n) is 12.5. The normalized spacial score (nSPS) is 11.8. The van der Waals surface area contributed by atoms with Crippen LogP contribution in [0.1, 0.15) is 35.0 Å². The number of aryl methyl sites for hydroxylation is 1. The molecule has 1 aromatic carbocycles. The van der Waals surface area contributed by atoms with Gasteiger partial charge >= 0.3 is 5.91 Å². The first-order valence-corrected chi connectivity index (χ1v) is 6.50. The SMILES string of the molecule is COc1ccc(C(C)NC(=O)c2ncc(C)o2)cc1OC. The molecule has 2 aromatic rings. The number of hydrogen-bond acceptors (Lipinski definition) is 5. The van der Waals surface area contributed by atoms with E-state index in [1.165, 1.54) is 6.20 Å². The molecule has 1 amide bonds. The zero-order chi connectivity index (χ0) is 15.4. The Bertz CT molecular complexity index is 636. The number of carbonyl (C=O) groups excluding carboxylic acids is 1. The van der Waals surface area contributed by atoms with Gasteiger partial charge in [-0.3, -0.25) is 4.79 Å². The standard InChI is InChI=1S/C15H18N2O4/c1-9-8-16-15(21-9)14(18)17-10(2)11-5-6-12(19-3)13(7-11)20-4/h5-8,10H,1-4H3,(H,17,18). The Kier molecular flexibility index (Phi) is 4.47. The van der Waals surface area contributed by atoms with E-state index in [0.717, 1.165) is 5.56 Å². The topological polar surface area (TPSA) is 73.6 Å². The third-order valence-corrected chi connectivity index (χ3v) is 3.07. The first-order chi connectivity index (χ1) is 10.0. The van der Waals surface area contributed by atoms with Crippen molar-refractivity contribution in [3.63, 3.8) is 0 Å². The number of oxazole rings is 1. The van der Waals surface area contributed by atoms with E-state index in [4.69, 9.17) is 13.9 Å². The highest BCUT2D eigenvalue weighted by Gasteiger charge is 2.17. The molecule has 1 aromatic heterocycles. The maximum Gasteiger partial charge on any atom is 0.307 e. The molecule has 0 saturated carbocycles. The van der Waals surface area contributed by atoms with Gasteiger partial charge in [0.15, 0.2) is 11.5 Å². The van der Waals surface area contributed by atoms with E-state index >= 15 is 0 Å². The fraction of sp³-hybridized carbons (Fsp3) is 0.333. The van der Waals surface area contributed by atoms with Gasteiger partial charge in [-0.2, -0.15) is 0 Å². The molecule has 1 heterocycles. The summed E-state index contributed by atoms with van der Waals surface area (Å²) in [7, 11) is 3.15. The lowest BCUT2D eigenvalue weighted by Gasteiger charge is -2.15. The molecule has 1 atom stereocenters. The van der Waals surface area contributed by atoms with Crippen molar-refractivity contribution in [2.24, 2.45) is 0 Å². The van der Waals surface area contributed by atoms with Crippen LogP contribution in [0.4, 0.5) is 0 Å². The van der Waals surface area contributed by atoms with Crippen LogP contribution in [-0.4, -0.2) is 25.1 Å². The van der Waals surface area contributed by atoms with E-state index in [1.54, 1.807) is 27.2 Å². The highest BCUT2D eigenvalue weighted by atomic mass is 16.5. The van der Waals surface area contributed by atoms with Gasteiger partial charge in [-0.05, 0) is 31.5 Å². The fourth-order valence-corrected chi connectivity index (χ4v) is 1.92. The van der Waals surface area contributed by atoms with Gasteiger partial charge in [0.1, 0.15) is 5.76 Å². The Labute approximate surface area is 123 Å². The van der Waals surface area contributed by atoms with E-state index in [0.29, 0.717) is 17.3 Å². The van der Waals surface area contributed by atoms with Gasteiger partial charge in [0, 0.05) is 0 Å². The van der Waals surface area contributed by atoms with Crippen molar-refractivity contribution in [3.8, 4) is 11.5 Å². The van der Waals surface area contributed by atoms with Crippen LogP contribution < -0.4 is 14.8 Å². The number of methoxy groups -OCH3 is 2. The second-order valence-corrected chi connectivity index (χ2v) is 4.59. The number of carbonyl (C=O) groups is 1. The molecule has 2 rings (SSSR count). The number of amides is 1. The largest absolute Gasteiger partial charge is 0.493 e. The predicted octanol–water partition coefficient (Wildman–Crippen LogP) is 2.49. The van der Waals surface area contributed by atoms with Gasteiger partial charge in [0.05, 0.1) is 26.5 Å². The second kappa shape index (κ2) is 6.30. The fourth-order valence-electron chi connectivity index (χ4n) is 1.92. The summed E-state index contributed by atoms with van der Waals surface area (Å²) < 4.78 is 15.6. The van der Waals surface area contributed by atoms with E-state index in [-0.39, 0.29) is 17.8 Å². The van der Waals surface area contributed by atoms with Crippen molar-refractivity contribution in [3.05, 3.63) is 41.6 Å². The molecule has 6 nitrogen and oxygen atoms in total. The lowest BCUT2D eigenvalue weighted by atomic mass is 10.1. The first kappa shape index (κ1) is 14.9. The second-order valence-electron chi connectivity index (χ2n) is 4.59. The molecule has 1 N–H and O–H groups in total. The van der Waals surface area contributed by atoms with E-state index in [1.807, 2.05) is 19.1 Å². The number of benzene rings is 1. The summed E-state index contributed by atoms with van der Waals surface area (Å²) in [4.78, 5) is 15.9. The Morgan fingerprint density at radius 3 is 2.57 bits per heavy atom. The molecule has 0 aliphatic carbocycles. The number of hydrogen-bond donors (Lipinski definition) is 1. The summed E-state index contributed by atoms with van der Waals surface area (Å²) in [6.07, 6.45) is 1.51. The molecule has 0 aliphatic rings. The van der Waals surface area contributed by atoms with Gasteiger partial charge < -0.3 is 19.2 Å². The smallest absolute Gasteiger partial charge is 0.307 e. The van der Waals surface area contributed by atoms with Crippen LogP contribution in [0.2, 0.25) is 0 Å². The number of nitrogens with zero attached hydrogens (tertiary/aromatic N) is 1.